The molecule has 4 aliphatic carbocycles. The van der Waals surface area contributed by atoms with Crippen LogP contribution >= 0.6 is 0 Å². The zero-order valence-electron chi connectivity index (χ0n) is 16.8. The van der Waals surface area contributed by atoms with Crippen molar-refractivity contribution in [2.24, 2.45) is 17.8 Å². The summed E-state index contributed by atoms with van der Waals surface area (Å²) in [5, 5.41) is 4.25. The van der Waals surface area contributed by atoms with E-state index >= 15 is 0 Å². The second-order valence-corrected chi connectivity index (χ2v) is 9.83. The van der Waals surface area contributed by atoms with Gasteiger partial charge in [-0.1, -0.05) is 30.3 Å². The molecule has 2 aromatic carbocycles. The minimum Gasteiger partial charge on any atom is -0.338 e. The largest absolute Gasteiger partial charge is 0.338 e. The number of fused-ring (bicyclic) bond motifs is 1. The van der Waals surface area contributed by atoms with Gasteiger partial charge in [0.15, 0.2) is 0 Å². The summed E-state index contributed by atoms with van der Waals surface area (Å²) in [6.45, 7) is 0.338. The first-order chi connectivity index (χ1) is 14.2. The van der Waals surface area contributed by atoms with Crippen LogP contribution in [-0.2, 0) is 16.8 Å². The number of anilines is 1. The van der Waals surface area contributed by atoms with E-state index in [4.69, 9.17) is 0 Å². The zero-order valence-corrected chi connectivity index (χ0v) is 16.8. The van der Waals surface area contributed by atoms with Gasteiger partial charge < -0.3 is 9.88 Å². The summed E-state index contributed by atoms with van der Waals surface area (Å²) >= 11 is 0. The maximum Gasteiger partial charge on any atom is 0.244 e. The molecule has 1 heterocycles. The molecule has 4 bridgehead atoms. The van der Waals surface area contributed by atoms with Crippen LogP contribution in [0.1, 0.15) is 44.1 Å². The van der Waals surface area contributed by atoms with E-state index in [2.05, 4.69) is 47.8 Å². The lowest BCUT2D eigenvalue weighted by molar-refractivity contribution is -0.116. The molecule has 1 N–H and O–H groups in total. The van der Waals surface area contributed by atoms with E-state index in [0.717, 1.165) is 29.0 Å². The Bertz CT molecular complexity index is 1030. The van der Waals surface area contributed by atoms with Crippen molar-refractivity contribution in [2.75, 3.05) is 5.32 Å². The first-order valence-electron chi connectivity index (χ1n) is 11.1. The van der Waals surface area contributed by atoms with Crippen LogP contribution in [0.3, 0.4) is 0 Å². The van der Waals surface area contributed by atoms with Crippen molar-refractivity contribution in [3.05, 3.63) is 66.4 Å². The van der Waals surface area contributed by atoms with Crippen molar-refractivity contribution < 1.29 is 4.79 Å². The van der Waals surface area contributed by atoms with E-state index in [1.54, 1.807) is 0 Å². The molecule has 0 spiro atoms. The molecule has 3 nitrogen and oxygen atoms in total. The number of para-hydroxylation sites is 1. The number of amides is 1. The van der Waals surface area contributed by atoms with Crippen LogP contribution in [0, 0.1) is 17.8 Å². The third kappa shape index (κ3) is 2.99. The first-order valence-corrected chi connectivity index (χ1v) is 11.1. The summed E-state index contributed by atoms with van der Waals surface area (Å²) < 4.78 is 2.01. The lowest BCUT2D eigenvalue weighted by Gasteiger charge is -2.57. The predicted molar refractivity (Wildman–Crippen MR) is 117 cm³/mol. The Morgan fingerprint density at radius 3 is 2.24 bits per heavy atom. The van der Waals surface area contributed by atoms with Crippen molar-refractivity contribution in [1.29, 1.82) is 0 Å². The van der Waals surface area contributed by atoms with Crippen LogP contribution < -0.4 is 5.32 Å². The fraction of sp³-hybridized carbons (Fsp3) is 0.423. The van der Waals surface area contributed by atoms with Crippen LogP contribution in [0.2, 0.25) is 0 Å². The molecule has 4 fully saturated rings. The Hall–Kier alpha value is -2.55. The molecule has 29 heavy (non-hydrogen) atoms. The topological polar surface area (TPSA) is 34.0 Å². The quantitative estimate of drug-likeness (QED) is 0.611. The Morgan fingerprint density at radius 2 is 1.55 bits per heavy atom. The van der Waals surface area contributed by atoms with Gasteiger partial charge in [0.25, 0.3) is 0 Å². The maximum atomic E-state index is 12.6. The first kappa shape index (κ1) is 17.3. The highest BCUT2D eigenvalue weighted by Gasteiger charge is 2.51. The highest BCUT2D eigenvalue weighted by molar-refractivity contribution is 5.92. The van der Waals surface area contributed by atoms with Crippen LogP contribution in [0.25, 0.3) is 10.9 Å². The number of rotatable bonds is 4. The molecule has 4 saturated carbocycles. The van der Waals surface area contributed by atoms with Crippen molar-refractivity contribution >= 4 is 22.5 Å². The van der Waals surface area contributed by atoms with Crippen LogP contribution in [0.5, 0.6) is 0 Å². The smallest absolute Gasteiger partial charge is 0.244 e. The van der Waals surface area contributed by atoms with E-state index in [1.165, 1.54) is 49.5 Å². The third-order valence-electron chi connectivity index (χ3n) is 7.81. The monoisotopic (exact) mass is 384 g/mol. The summed E-state index contributed by atoms with van der Waals surface area (Å²) in [6, 6.07) is 19.0. The van der Waals surface area contributed by atoms with Crippen molar-refractivity contribution in [1.82, 2.24) is 4.57 Å². The van der Waals surface area contributed by atoms with Gasteiger partial charge in [-0.15, -0.1) is 0 Å². The average molecular weight is 385 g/mol. The molecule has 1 aromatic heterocycles. The average Bonchev–Trinajstić information content (AvgIpc) is 3.10. The molecule has 4 aliphatic rings. The number of benzene rings is 2. The number of hydrogen-bond acceptors (Lipinski definition) is 1. The number of aromatic nitrogens is 1. The molecule has 0 atom stereocenters. The van der Waals surface area contributed by atoms with Crippen LogP contribution in [-0.4, -0.2) is 10.5 Å². The fourth-order valence-corrected chi connectivity index (χ4v) is 7.01. The molecule has 148 valence electrons. The molecule has 3 heteroatoms. The molecule has 3 aromatic rings. The van der Waals surface area contributed by atoms with Gasteiger partial charge in [-0.3, -0.25) is 4.79 Å². The minimum absolute atomic E-state index is 0.0221. The standard InChI is InChI=1S/C26H28N2O/c29-25(17-28-10-9-21-3-1-2-4-24(21)28)27-23-7-5-22(6-8-23)26-14-18-11-19(15-26)13-20(12-18)16-26/h1-10,18-20H,11-17H2,(H,27,29). The normalized spacial score (nSPS) is 30.0. The molecule has 0 unspecified atom stereocenters. The number of nitrogens with one attached hydrogen (secondary N) is 1. The Labute approximate surface area is 172 Å². The zero-order chi connectivity index (χ0) is 19.4. The maximum absolute atomic E-state index is 12.6. The van der Waals surface area contributed by atoms with E-state index in [0.29, 0.717) is 12.0 Å². The Balaban J connectivity index is 1.17. The highest BCUT2D eigenvalue weighted by Crippen LogP contribution is 2.60. The number of hydrogen-bond donors (Lipinski definition) is 1. The van der Waals surface area contributed by atoms with Gasteiger partial charge in [0.1, 0.15) is 6.54 Å². The molecule has 0 saturated heterocycles. The second kappa shape index (κ2) is 6.48. The van der Waals surface area contributed by atoms with Gasteiger partial charge in [0.2, 0.25) is 5.91 Å². The van der Waals surface area contributed by atoms with Crippen LogP contribution in [0.15, 0.2) is 60.8 Å². The van der Waals surface area contributed by atoms with E-state index in [1.807, 2.05) is 22.9 Å². The number of carbonyl (C=O) groups excluding carboxylic acids is 1. The van der Waals surface area contributed by atoms with Gasteiger partial charge in [-0.2, -0.15) is 0 Å². The van der Waals surface area contributed by atoms with Crippen LogP contribution in [0.4, 0.5) is 5.69 Å². The molecular weight excluding hydrogens is 356 g/mol. The number of carbonyl (C=O) groups is 1. The van der Waals surface area contributed by atoms with Gasteiger partial charge in [0, 0.05) is 17.4 Å². The SMILES string of the molecule is O=C(Cn1ccc2ccccc21)Nc1ccc(C23CC4CC(CC(C4)C2)C3)cc1. The summed E-state index contributed by atoms with van der Waals surface area (Å²) in [6.07, 6.45) is 10.5. The molecule has 7 rings (SSSR count). The molecular formula is C26H28N2O. The highest BCUT2D eigenvalue weighted by atomic mass is 16.1. The predicted octanol–water partition coefficient (Wildman–Crippen LogP) is 5.75. The van der Waals surface area contributed by atoms with Crippen molar-refractivity contribution in [2.45, 2.75) is 50.5 Å². The van der Waals surface area contributed by atoms with Gasteiger partial charge in [0.05, 0.1) is 0 Å². The summed E-state index contributed by atoms with van der Waals surface area (Å²) in [7, 11) is 0. The lowest BCUT2D eigenvalue weighted by Crippen LogP contribution is -2.48. The third-order valence-corrected chi connectivity index (χ3v) is 7.81. The van der Waals surface area contributed by atoms with E-state index in [-0.39, 0.29) is 5.91 Å². The lowest BCUT2D eigenvalue weighted by atomic mass is 9.48. The minimum atomic E-state index is 0.0221. The molecule has 0 radical (unpaired) electrons. The fourth-order valence-electron chi connectivity index (χ4n) is 7.01. The summed E-state index contributed by atoms with van der Waals surface area (Å²) in [4.78, 5) is 12.6. The molecule has 0 aliphatic heterocycles. The Morgan fingerprint density at radius 1 is 0.897 bits per heavy atom. The van der Waals surface area contributed by atoms with E-state index < -0.39 is 0 Å². The van der Waals surface area contributed by atoms with Gasteiger partial charge in [-0.05, 0) is 96.9 Å². The van der Waals surface area contributed by atoms with Gasteiger partial charge in [-0.25, -0.2) is 0 Å². The summed E-state index contributed by atoms with van der Waals surface area (Å²) in [5.74, 6) is 2.89. The second-order valence-electron chi connectivity index (χ2n) is 9.83. The summed E-state index contributed by atoms with van der Waals surface area (Å²) in [5.41, 5.74) is 3.92. The van der Waals surface area contributed by atoms with E-state index in [9.17, 15) is 4.79 Å². The van der Waals surface area contributed by atoms with Gasteiger partial charge >= 0.3 is 0 Å². The molecule has 1 amide bonds. The van der Waals surface area contributed by atoms with Crippen molar-refractivity contribution in [3.8, 4) is 0 Å². The Kier molecular flexibility index (Phi) is 3.87. The van der Waals surface area contributed by atoms with Crippen molar-refractivity contribution in [3.63, 3.8) is 0 Å². The number of nitrogens with zero attached hydrogens (tertiary/aromatic N) is 1.